The summed E-state index contributed by atoms with van der Waals surface area (Å²) in [5.74, 6) is 0.178. The number of aryl methyl sites for hydroxylation is 1. The molecule has 21 heavy (non-hydrogen) atoms. The molecule has 1 aromatic heterocycles. The summed E-state index contributed by atoms with van der Waals surface area (Å²) in [5.41, 5.74) is 3.15. The number of carbonyl (C=O) groups excluding carboxylic acids is 1. The molecule has 2 aromatic rings. The molecular formula is C16H16ClN3O. The first-order chi connectivity index (χ1) is 10.2. The zero-order valence-corrected chi connectivity index (χ0v) is 12.4. The molecule has 1 aliphatic rings. The van der Waals surface area contributed by atoms with Crippen LogP contribution >= 0.6 is 11.6 Å². The normalized spacial score (nSPS) is 13.9. The number of fused-ring (bicyclic) bond motifs is 1. The Bertz CT molecular complexity index is 645. The zero-order chi connectivity index (χ0) is 14.7. The first-order valence-corrected chi connectivity index (χ1v) is 7.43. The average molecular weight is 302 g/mol. The molecule has 5 heteroatoms. The second-order valence-corrected chi connectivity index (χ2v) is 5.58. The maximum absolute atomic E-state index is 12.3. The van der Waals surface area contributed by atoms with Crippen molar-refractivity contribution >= 4 is 17.5 Å². The van der Waals surface area contributed by atoms with Crippen molar-refractivity contribution in [3.63, 3.8) is 0 Å². The van der Waals surface area contributed by atoms with Crippen LogP contribution in [0.15, 0.2) is 36.4 Å². The standard InChI is InChI=1S/C16H16ClN3O/c17-15-10-13-11-20(9-8-14(13)18-19-15)16(21)7-6-12-4-2-1-3-5-12/h1-5,10H,6-9,11H2. The van der Waals surface area contributed by atoms with Crippen LogP contribution < -0.4 is 0 Å². The van der Waals surface area contributed by atoms with Crippen LogP contribution in [0.2, 0.25) is 5.15 Å². The molecule has 1 amide bonds. The van der Waals surface area contributed by atoms with Gasteiger partial charge in [-0.2, -0.15) is 5.10 Å². The maximum Gasteiger partial charge on any atom is 0.223 e. The Balaban J connectivity index is 1.61. The number of hydrogen-bond donors (Lipinski definition) is 0. The van der Waals surface area contributed by atoms with Gasteiger partial charge in [-0.1, -0.05) is 41.9 Å². The molecule has 0 aliphatic carbocycles. The predicted molar refractivity (Wildman–Crippen MR) is 80.9 cm³/mol. The first kappa shape index (κ1) is 14.0. The van der Waals surface area contributed by atoms with E-state index >= 15 is 0 Å². The van der Waals surface area contributed by atoms with E-state index in [0.29, 0.717) is 24.7 Å². The molecule has 0 fully saturated rings. The second kappa shape index (κ2) is 6.22. The Morgan fingerprint density at radius 1 is 1.24 bits per heavy atom. The monoisotopic (exact) mass is 301 g/mol. The van der Waals surface area contributed by atoms with Gasteiger partial charge in [0.1, 0.15) is 0 Å². The highest BCUT2D eigenvalue weighted by atomic mass is 35.5. The van der Waals surface area contributed by atoms with Gasteiger partial charge in [-0.15, -0.1) is 5.10 Å². The fourth-order valence-corrected chi connectivity index (χ4v) is 2.74. The lowest BCUT2D eigenvalue weighted by molar-refractivity contribution is -0.132. The van der Waals surface area contributed by atoms with Crippen LogP contribution in [-0.2, 0) is 24.2 Å². The molecule has 108 valence electrons. The SMILES string of the molecule is O=C(CCc1ccccc1)N1CCc2nnc(Cl)cc2C1. The number of aromatic nitrogens is 2. The molecule has 0 spiro atoms. The van der Waals surface area contributed by atoms with Crippen molar-refractivity contribution in [3.8, 4) is 0 Å². The fraction of sp³-hybridized carbons (Fsp3) is 0.312. The molecule has 1 aliphatic heterocycles. The van der Waals surface area contributed by atoms with Gasteiger partial charge in [0.05, 0.1) is 5.69 Å². The topological polar surface area (TPSA) is 46.1 Å². The lowest BCUT2D eigenvalue weighted by Gasteiger charge is -2.28. The summed E-state index contributed by atoms with van der Waals surface area (Å²) in [6.07, 6.45) is 2.06. The van der Waals surface area contributed by atoms with Crippen LogP contribution in [0.5, 0.6) is 0 Å². The molecule has 2 heterocycles. The van der Waals surface area contributed by atoms with Crippen LogP contribution in [-0.4, -0.2) is 27.5 Å². The fourth-order valence-electron chi connectivity index (χ4n) is 2.57. The van der Waals surface area contributed by atoms with Crippen LogP contribution in [0, 0.1) is 0 Å². The summed E-state index contributed by atoms with van der Waals surface area (Å²) >= 11 is 5.87. The molecule has 0 radical (unpaired) electrons. The van der Waals surface area contributed by atoms with Gasteiger partial charge in [-0.05, 0) is 23.6 Å². The van der Waals surface area contributed by atoms with Crippen LogP contribution in [0.4, 0.5) is 0 Å². The van der Waals surface area contributed by atoms with E-state index in [1.807, 2.05) is 35.2 Å². The molecule has 0 bridgehead atoms. The van der Waals surface area contributed by atoms with Crippen molar-refractivity contribution in [2.24, 2.45) is 0 Å². The van der Waals surface area contributed by atoms with Crippen molar-refractivity contribution in [2.75, 3.05) is 6.54 Å². The lowest BCUT2D eigenvalue weighted by Crippen LogP contribution is -2.36. The largest absolute Gasteiger partial charge is 0.338 e. The van der Waals surface area contributed by atoms with E-state index < -0.39 is 0 Å². The number of amides is 1. The van der Waals surface area contributed by atoms with Gasteiger partial charge in [0.15, 0.2) is 5.15 Å². The van der Waals surface area contributed by atoms with E-state index in [9.17, 15) is 4.79 Å². The number of benzene rings is 1. The summed E-state index contributed by atoms with van der Waals surface area (Å²) < 4.78 is 0. The van der Waals surface area contributed by atoms with E-state index in [1.54, 1.807) is 6.07 Å². The highest BCUT2D eigenvalue weighted by Gasteiger charge is 2.21. The molecule has 0 saturated heterocycles. The second-order valence-electron chi connectivity index (χ2n) is 5.19. The summed E-state index contributed by atoms with van der Waals surface area (Å²) in [4.78, 5) is 14.2. The highest BCUT2D eigenvalue weighted by Crippen LogP contribution is 2.19. The number of rotatable bonds is 3. The third-order valence-corrected chi connectivity index (χ3v) is 3.92. The van der Waals surface area contributed by atoms with Gasteiger partial charge in [0, 0.05) is 25.9 Å². The summed E-state index contributed by atoms with van der Waals surface area (Å²) in [7, 11) is 0. The zero-order valence-electron chi connectivity index (χ0n) is 11.6. The molecule has 0 atom stereocenters. The van der Waals surface area contributed by atoms with Crippen LogP contribution in [0.1, 0.15) is 23.2 Å². The van der Waals surface area contributed by atoms with Gasteiger partial charge in [-0.25, -0.2) is 0 Å². The molecular weight excluding hydrogens is 286 g/mol. The number of nitrogens with zero attached hydrogens (tertiary/aromatic N) is 3. The Kier molecular flexibility index (Phi) is 4.15. The van der Waals surface area contributed by atoms with Crippen LogP contribution in [0.25, 0.3) is 0 Å². The van der Waals surface area contributed by atoms with Crippen molar-refractivity contribution in [2.45, 2.75) is 25.8 Å². The Labute approximate surface area is 128 Å². The summed E-state index contributed by atoms with van der Waals surface area (Å²) in [6.45, 7) is 1.29. The summed E-state index contributed by atoms with van der Waals surface area (Å²) in [5, 5.41) is 8.32. The minimum atomic E-state index is 0.178. The van der Waals surface area contributed by atoms with Gasteiger partial charge >= 0.3 is 0 Å². The van der Waals surface area contributed by atoms with Gasteiger partial charge in [-0.3, -0.25) is 4.79 Å². The van der Waals surface area contributed by atoms with E-state index in [2.05, 4.69) is 10.2 Å². The smallest absolute Gasteiger partial charge is 0.223 e. The predicted octanol–water partition coefficient (Wildman–Crippen LogP) is 2.65. The molecule has 0 unspecified atom stereocenters. The van der Waals surface area contributed by atoms with Gasteiger partial charge < -0.3 is 4.90 Å². The number of carbonyl (C=O) groups is 1. The number of hydrogen-bond acceptors (Lipinski definition) is 3. The first-order valence-electron chi connectivity index (χ1n) is 7.05. The van der Waals surface area contributed by atoms with Crippen LogP contribution in [0.3, 0.4) is 0 Å². The molecule has 0 N–H and O–H groups in total. The number of halogens is 1. The van der Waals surface area contributed by atoms with Crippen molar-refractivity contribution in [1.29, 1.82) is 0 Å². The van der Waals surface area contributed by atoms with Gasteiger partial charge in [0.2, 0.25) is 5.91 Å². The van der Waals surface area contributed by atoms with Crippen molar-refractivity contribution in [1.82, 2.24) is 15.1 Å². The van der Waals surface area contributed by atoms with E-state index in [-0.39, 0.29) is 5.91 Å². The maximum atomic E-state index is 12.3. The van der Waals surface area contributed by atoms with E-state index in [4.69, 9.17) is 11.6 Å². The van der Waals surface area contributed by atoms with Crippen molar-refractivity contribution < 1.29 is 4.79 Å². The summed E-state index contributed by atoms with van der Waals surface area (Å²) in [6, 6.07) is 11.9. The average Bonchev–Trinajstić information content (AvgIpc) is 2.53. The van der Waals surface area contributed by atoms with Gasteiger partial charge in [0.25, 0.3) is 0 Å². The van der Waals surface area contributed by atoms with E-state index in [0.717, 1.165) is 24.1 Å². The van der Waals surface area contributed by atoms with Crippen molar-refractivity contribution in [3.05, 3.63) is 58.4 Å². The molecule has 1 aromatic carbocycles. The molecule has 3 rings (SSSR count). The Morgan fingerprint density at radius 3 is 2.86 bits per heavy atom. The molecule has 0 saturated carbocycles. The third-order valence-electron chi connectivity index (χ3n) is 3.73. The Morgan fingerprint density at radius 2 is 2.05 bits per heavy atom. The quantitative estimate of drug-likeness (QED) is 0.875. The highest BCUT2D eigenvalue weighted by molar-refractivity contribution is 6.29. The molecule has 4 nitrogen and oxygen atoms in total. The van der Waals surface area contributed by atoms with E-state index in [1.165, 1.54) is 5.56 Å². The minimum Gasteiger partial charge on any atom is -0.338 e. The third kappa shape index (κ3) is 3.39. The lowest BCUT2D eigenvalue weighted by atomic mass is 10.0. The Hall–Kier alpha value is -1.94. The minimum absolute atomic E-state index is 0.178.